The number of halogens is 1. The number of benzene rings is 2. The zero-order valence-electron chi connectivity index (χ0n) is 18.3. The maximum absolute atomic E-state index is 14.5. The number of rotatable bonds is 4. The lowest BCUT2D eigenvalue weighted by atomic mass is 10.0. The molecule has 0 amide bonds. The molecule has 0 atom stereocenters. The molecule has 170 valence electrons. The first-order valence-corrected chi connectivity index (χ1v) is 10.9. The van der Waals surface area contributed by atoms with Crippen molar-refractivity contribution in [3.05, 3.63) is 70.7 Å². The number of aromatic hydroxyl groups is 1. The Bertz CT molecular complexity index is 1220. The van der Waals surface area contributed by atoms with Crippen LogP contribution < -0.4 is 10.6 Å². The van der Waals surface area contributed by atoms with Crippen LogP contribution in [0.3, 0.4) is 0 Å². The minimum absolute atomic E-state index is 0.0244. The van der Waals surface area contributed by atoms with Crippen molar-refractivity contribution in [3.63, 3.8) is 0 Å². The lowest BCUT2D eigenvalue weighted by Crippen LogP contribution is -2.35. The standard InChI is InChI=1S/C25H25FN4O3/c1-15-10-18(26)21(13-22(15)31)28-20-4-5-27-25-24(20)23(32)12-17-11-16(2-3-19(17)29-25)14-30-6-8-33-9-7-30/h2-5,10-11,13,31H,6-9,12,14H2,1H3,(H2,27,28,29). The third-order valence-electron chi connectivity index (χ3n) is 6.07. The Hall–Kier alpha value is -3.49. The molecule has 0 radical (unpaired) electrons. The predicted octanol–water partition coefficient (Wildman–Crippen LogP) is 4.29. The highest BCUT2D eigenvalue weighted by Gasteiger charge is 2.25. The normalized spacial score (nSPS) is 15.9. The average Bonchev–Trinajstić information content (AvgIpc) is 2.94. The van der Waals surface area contributed by atoms with Crippen LogP contribution in [0.2, 0.25) is 0 Å². The number of hydrogen-bond donors (Lipinski definition) is 3. The number of phenols is 1. The highest BCUT2D eigenvalue weighted by atomic mass is 19.1. The third-order valence-corrected chi connectivity index (χ3v) is 6.07. The monoisotopic (exact) mass is 448 g/mol. The Kier molecular flexibility index (Phi) is 5.70. The van der Waals surface area contributed by atoms with E-state index in [1.54, 1.807) is 19.2 Å². The largest absolute Gasteiger partial charge is 0.508 e. The number of ether oxygens (including phenoxy) is 1. The van der Waals surface area contributed by atoms with E-state index in [0.29, 0.717) is 22.6 Å². The first kappa shape index (κ1) is 21.4. The summed E-state index contributed by atoms with van der Waals surface area (Å²) in [5.74, 6) is -0.238. The van der Waals surface area contributed by atoms with E-state index in [9.17, 15) is 14.3 Å². The Balaban J connectivity index is 1.43. The van der Waals surface area contributed by atoms with Crippen LogP contribution in [-0.2, 0) is 17.7 Å². The van der Waals surface area contributed by atoms with Crippen molar-refractivity contribution in [2.75, 3.05) is 36.9 Å². The van der Waals surface area contributed by atoms with Crippen LogP contribution in [0, 0.1) is 12.7 Å². The fourth-order valence-corrected chi connectivity index (χ4v) is 4.27. The average molecular weight is 448 g/mol. The zero-order valence-corrected chi connectivity index (χ0v) is 18.3. The summed E-state index contributed by atoms with van der Waals surface area (Å²) in [7, 11) is 0. The van der Waals surface area contributed by atoms with E-state index in [2.05, 4.69) is 32.7 Å². The molecule has 0 unspecified atom stereocenters. The van der Waals surface area contributed by atoms with Gasteiger partial charge >= 0.3 is 0 Å². The summed E-state index contributed by atoms with van der Waals surface area (Å²) in [6.07, 6.45) is 1.76. The molecule has 1 saturated heterocycles. The number of hydrogen-bond acceptors (Lipinski definition) is 7. The summed E-state index contributed by atoms with van der Waals surface area (Å²) >= 11 is 0. The second-order valence-electron chi connectivity index (χ2n) is 8.43. The number of aromatic nitrogens is 1. The van der Waals surface area contributed by atoms with E-state index in [1.165, 1.54) is 12.1 Å². The van der Waals surface area contributed by atoms with Crippen molar-refractivity contribution < 1.29 is 19.0 Å². The number of anilines is 4. The van der Waals surface area contributed by atoms with Gasteiger partial charge < -0.3 is 20.5 Å². The number of pyridine rings is 1. The molecule has 0 spiro atoms. The van der Waals surface area contributed by atoms with E-state index < -0.39 is 5.82 Å². The SMILES string of the molecule is Cc1cc(F)c(Nc2ccnc3c2C(=O)Cc2cc(CN4CCOCC4)ccc2N3)cc1O. The molecule has 1 aromatic heterocycles. The van der Waals surface area contributed by atoms with E-state index in [4.69, 9.17) is 4.74 Å². The number of carbonyl (C=O) groups is 1. The minimum Gasteiger partial charge on any atom is -0.508 e. The van der Waals surface area contributed by atoms with Crippen molar-refractivity contribution in [1.82, 2.24) is 9.88 Å². The Morgan fingerprint density at radius 2 is 2.00 bits per heavy atom. The molecule has 3 N–H and O–H groups in total. The van der Waals surface area contributed by atoms with E-state index in [1.807, 2.05) is 6.07 Å². The van der Waals surface area contributed by atoms with Crippen molar-refractivity contribution in [2.45, 2.75) is 19.9 Å². The van der Waals surface area contributed by atoms with Crippen LogP contribution in [0.4, 0.5) is 27.3 Å². The van der Waals surface area contributed by atoms with Crippen molar-refractivity contribution in [2.24, 2.45) is 0 Å². The number of phenolic OH excluding ortho intramolecular Hbond substituents is 1. The van der Waals surface area contributed by atoms with Gasteiger partial charge in [-0.2, -0.15) is 0 Å². The van der Waals surface area contributed by atoms with Gasteiger partial charge in [0.15, 0.2) is 5.78 Å². The number of Topliss-reactive ketones (excluding diaryl/α,β-unsaturated/α-hetero) is 1. The van der Waals surface area contributed by atoms with Crippen LogP contribution in [-0.4, -0.2) is 47.1 Å². The molecule has 0 saturated carbocycles. The molecular formula is C25H25FN4O3. The number of ketones is 1. The first-order valence-electron chi connectivity index (χ1n) is 10.9. The highest BCUT2D eigenvalue weighted by Crippen LogP contribution is 2.35. The van der Waals surface area contributed by atoms with Crippen LogP contribution in [0.1, 0.15) is 27.0 Å². The Labute approximate surface area is 191 Å². The second kappa shape index (κ2) is 8.80. The molecule has 33 heavy (non-hydrogen) atoms. The van der Waals surface area contributed by atoms with Crippen molar-refractivity contribution in [1.29, 1.82) is 0 Å². The van der Waals surface area contributed by atoms with Crippen LogP contribution in [0.25, 0.3) is 0 Å². The van der Waals surface area contributed by atoms with Gasteiger partial charge in [-0.25, -0.2) is 9.37 Å². The van der Waals surface area contributed by atoms with E-state index >= 15 is 0 Å². The first-order chi connectivity index (χ1) is 16.0. The molecular weight excluding hydrogens is 423 g/mol. The van der Waals surface area contributed by atoms with Gasteiger partial charge in [0.25, 0.3) is 0 Å². The van der Waals surface area contributed by atoms with Crippen LogP contribution in [0.15, 0.2) is 42.6 Å². The van der Waals surface area contributed by atoms with Gasteiger partial charge in [0, 0.05) is 44.0 Å². The number of aryl methyl sites for hydroxylation is 1. The second-order valence-corrected chi connectivity index (χ2v) is 8.43. The van der Waals surface area contributed by atoms with Gasteiger partial charge in [0.05, 0.1) is 30.2 Å². The van der Waals surface area contributed by atoms with Gasteiger partial charge in [0.1, 0.15) is 17.4 Å². The summed E-state index contributed by atoms with van der Waals surface area (Å²) in [6.45, 7) is 5.69. The lowest BCUT2D eigenvalue weighted by molar-refractivity contribution is 0.0342. The van der Waals surface area contributed by atoms with Gasteiger partial charge in [0.2, 0.25) is 0 Å². The van der Waals surface area contributed by atoms with E-state index in [0.717, 1.165) is 49.7 Å². The number of carbonyl (C=O) groups excluding carboxylic acids is 1. The van der Waals surface area contributed by atoms with Gasteiger partial charge in [-0.3, -0.25) is 9.69 Å². The highest BCUT2D eigenvalue weighted by molar-refractivity contribution is 6.09. The minimum atomic E-state index is -0.513. The molecule has 0 bridgehead atoms. The molecule has 7 nitrogen and oxygen atoms in total. The number of nitrogens with zero attached hydrogens (tertiary/aromatic N) is 2. The molecule has 2 aliphatic rings. The summed E-state index contributed by atoms with van der Waals surface area (Å²) in [6, 6.07) is 10.3. The summed E-state index contributed by atoms with van der Waals surface area (Å²) < 4.78 is 19.9. The zero-order chi connectivity index (χ0) is 22.9. The smallest absolute Gasteiger partial charge is 0.173 e. The lowest BCUT2D eigenvalue weighted by Gasteiger charge is -2.26. The molecule has 2 aliphatic heterocycles. The molecule has 5 rings (SSSR count). The van der Waals surface area contributed by atoms with Crippen molar-refractivity contribution >= 4 is 28.7 Å². The topological polar surface area (TPSA) is 86.7 Å². The van der Waals surface area contributed by atoms with E-state index in [-0.39, 0.29) is 23.6 Å². The molecule has 1 fully saturated rings. The summed E-state index contributed by atoms with van der Waals surface area (Å²) in [5.41, 5.74) is 4.19. The number of fused-ring (bicyclic) bond motifs is 2. The fraction of sp³-hybridized carbons (Fsp3) is 0.280. The van der Waals surface area contributed by atoms with Crippen molar-refractivity contribution in [3.8, 4) is 5.75 Å². The maximum Gasteiger partial charge on any atom is 0.173 e. The summed E-state index contributed by atoms with van der Waals surface area (Å²) in [5, 5.41) is 16.2. The molecule has 3 aromatic rings. The van der Waals surface area contributed by atoms with Gasteiger partial charge in [-0.05, 0) is 41.8 Å². The number of morpholine rings is 1. The maximum atomic E-state index is 14.5. The fourth-order valence-electron chi connectivity index (χ4n) is 4.27. The number of nitrogens with one attached hydrogen (secondary N) is 2. The third kappa shape index (κ3) is 4.40. The molecule has 2 aromatic carbocycles. The van der Waals surface area contributed by atoms with Crippen LogP contribution >= 0.6 is 0 Å². The molecule has 3 heterocycles. The predicted molar refractivity (Wildman–Crippen MR) is 124 cm³/mol. The van der Waals surface area contributed by atoms with Gasteiger partial charge in [-0.15, -0.1) is 0 Å². The van der Waals surface area contributed by atoms with Gasteiger partial charge in [-0.1, -0.05) is 12.1 Å². The molecule has 8 heteroatoms. The Morgan fingerprint density at radius 1 is 1.18 bits per heavy atom. The summed E-state index contributed by atoms with van der Waals surface area (Å²) in [4.78, 5) is 20.0. The Morgan fingerprint density at radius 3 is 2.82 bits per heavy atom. The quantitative estimate of drug-likeness (QED) is 0.549. The van der Waals surface area contributed by atoms with Crippen LogP contribution in [0.5, 0.6) is 5.75 Å². The molecule has 0 aliphatic carbocycles.